The van der Waals surface area contributed by atoms with Gasteiger partial charge in [0.15, 0.2) is 0 Å². The third-order valence-electron chi connectivity index (χ3n) is 3.38. The van der Waals surface area contributed by atoms with Gasteiger partial charge in [-0.1, -0.05) is 12.1 Å². The van der Waals surface area contributed by atoms with Gasteiger partial charge in [0.2, 0.25) is 0 Å². The van der Waals surface area contributed by atoms with Gasteiger partial charge in [0.25, 0.3) is 0 Å². The molecule has 3 heteroatoms. The van der Waals surface area contributed by atoms with Crippen LogP contribution in [0.2, 0.25) is 0 Å². The summed E-state index contributed by atoms with van der Waals surface area (Å²) in [5.74, 6) is -0.105. The molecule has 94 valence electrons. The Balaban J connectivity index is 1.81. The fourth-order valence-corrected chi connectivity index (χ4v) is 2.81. The van der Waals surface area contributed by atoms with Crippen LogP contribution in [-0.4, -0.2) is 6.04 Å². The fraction of sp³-hybridized carbons (Fsp3) is 0.333. The van der Waals surface area contributed by atoms with Crippen LogP contribution in [0.5, 0.6) is 0 Å². The lowest BCUT2D eigenvalue weighted by Crippen LogP contribution is -2.16. The van der Waals surface area contributed by atoms with Gasteiger partial charge >= 0.3 is 0 Å². The molecule has 0 amide bonds. The Morgan fingerprint density at radius 1 is 1.33 bits per heavy atom. The molecule has 1 aliphatic rings. The number of halogens is 1. The molecular formula is C15H16FNS. The van der Waals surface area contributed by atoms with Gasteiger partial charge in [-0.15, -0.1) is 11.3 Å². The number of benzene rings is 1. The van der Waals surface area contributed by atoms with Gasteiger partial charge in [0.1, 0.15) is 5.82 Å². The third-order valence-corrected chi connectivity index (χ3v) is 4.23. The second-order valence-corrected chi connectivity index (χ2v) is 5.97. The molecule has 0 spiro atoms. The number of hydrogen-bond acceptors (Lipinski definition) is 2. The summed E-state index contributed by atoms with van der Waals surface area (Å²) in [6.07, 6.45) is 2.46. The van der Waals surface area contributed by atoms with Crippen molar-refractivity contribution in [2.75, 3.05) is 0 Å². The molecular weight excluding hydrogens is 245 g/mol. The zero-order valence-electron chi connectivity index (χ0n) is 10.4. The molecule has 1 heterocycles. The van der Waals surface area contributed by atoms with Crippen LogP contribution in [0.15, 0.2) is 29.6 Å². The molecule has 0 radical (unpaired) electrons. The molecule has 1 aliphatic carbocycles. The number of hydrogen-bond donors (Lipinski definition) is 1. The minimum atomic E-state index is -0.105. The Labute approximate surface area is 111 Å². The minimum absolute atomic E-state index is 0.105. The Morgan fingerprint density at radius 2 is 2.17 bits per heavy atom. The largest absolute Gasteiger partial charge is 0.310 e. The zero-order valence-corrected chi connectivity index (χ0v) is 11.2. The molecule has 1 N–H and O–H groups in total. The summed E-state index contributed by atoms with van der Waals surface area (Å²) in [5.41, 5.74) is 2.88. The molecule has 0 unspecified atom stereocenters. The van der Waals surface area contributed by atoms with E-state index in [4.69, 9.17) is 0 Å². The van der Waals surface area contributed by atoms with Crippen molar-refractivity contribution >= 4 is 11.3 Å². The highest BCUT2D eigenvalue weighted by Gasteiger charge is 2.20. The van der Waals surface area contributed by atoms with E-state index >= 15 is 0 Å². The molecule has 1 aromatic heterocycles. The van der Waals surface area contributed by atoms with E-state index < -0.39 is 0 Å². The molecule has 0 atom stereocenters. The molecule has 1 saturated carbocycles. The molecule has 2 aromatic rings. The minimum Gasteiger partial charge on any atom is -0.310 e. The first-order chi connectivity index (χ1) is 8.74. The summed E-state index contributed by atoms with van der Waals surface area (Å²) in [5, 5.41) is 5.39. The van der Waals surface area contributed by atoms with Crippen molar-refractivity contribution < 1.29 is 4.39 Å². The maximum absolute atomic E-state index is 14.0. The van der Waals surface area contributed by atoms with Gasteiger partial charge in [-0.3, -0.25) is 0 Å². The monoisotopic (exact) mass is 261 g/mol. The van der Waals surface area contributed by atoms with E-state index in [-0.39, 0.29) is 5.82 Å². The van der Waals surface area contributed by atoms with Crippen molar-refractivity contribution in [2.24, 2.45) is 0 Å². The molecule has 0 saturated heterocycles. The standard InChI is InChI=1S/C15H16FNS/c1-10-14(6-7-18-10)11-2-3-12(15(16)8-11)9-17-13-4-5-13/h2-3,6-8,13,17H,4-5,9H2,1H3. The van der Waals surface area contributed by atoms with Gasteiger partial charge in [-0.2, -0.15) is 0 Å². The maximum atomic E-state index is 14.0. The van der Waals surface area contributed by atoms with Crippen LogP contribution in [0, 0.1) is 12.7 Å². The SMILES string of the molecule is Cc1sccc1-c1ccc(CNC2CC2)c(F)c1. The Hall–Kier alpha value is -1.19. The first kappa shape index (κ1) is 11.9. The first-order valence-electron chi connectivity index (χ1n) is 6.30. The highest BCUT2D eigenvalue weighted by molar-refractivity contribution is 7.10. The van der Waals surface area contributed by atoms with Crippen LogP contribution in [0.1, 0.15) is 23.3 Å². The van der Waals surface area contributed by atoms with Crippen LogP contribution < -0.4 is 5.32 Å². The van der Waals surface area contributed by atoms with Crippen molar-refractivity contribution in [1.82, 2.24) is 5.32 Å². The average molecular weight is 261 g/mol. The number of nitrogens with one attached hydrogen (secondary N) is 1. The Kier molecular flexibility index (Phi) is 3.18. The van der Waals surface area contributed by atoms with E-state index in [1.165, 1.54) is 17.7 Å². The predicted molar refractivity (Wildman–Crippen MR) is 74.3 cm³/mol. The van der Waals surface area contributed by atoms with Crippen LogP contribution in [0.4, 0.5) is 4.39 Å². The highest BCUT2D eigenvalue weighted by Crippen LogP contribution is 2.29. The normalized spacial score (nSPS) is 15.0. The van der Waals surface area contributed by atoms with Crippen molar-refractivity contribution in [1.29, 1.82) is 0 Å². The smallest absolute Gasteiger partial charge is 0.128 e. The summed E-state index contributed by atoms with van der Waals surface area (Å²) in [4.78, 5) is 1.23. The highest BCUT2D eigenvalue weighted by atomic mass is 32.1. The van der Waals surface area contributed by atoms with E-state index in [1.54, 1.807) is 17.4 Å². The van der Waals surface area contributed by atoms with Gasteiger partial charge < -0.3 is 5.32 Å². The number of rotatable bonds is 4. The summed E-state index contributed by atoms with van der Waals surface area (Å²) in [6, 6.07) is 8.23. The molecule has 0 aliphatic heterocycles. The van der Waals surface area contributed by atoms with Crippen LogP contribution in [0.25, 0.3) is 11.1 Å². The summed E-state index contributed by atoms with van der Waals surface area (Å²) < 4.78 is 14.0. The van der Waals surface area contributed by atoms with E-state index in [0.29, 0.717) is 12.6 Å². The number of aryl methyl sites for hydroxylation is 1. The summed E-state index contributed by atoms with van der Waals surface area (Å²) in [6.45, 7) is 2.71. The van der Waals surface area contributed by atoms with E-state index in [9.17, 15) is 4.39 Å². The van der Waals surface area contributed by atoms with Gasteiger partial charge in [-0.05, 0) is 48.4 Å². The second-order valence-electron chi connectivity index (χ2n) is 4.85. The average Bonchev–Trinajstić information content (AvgIpc) is 3.09. The van der Waals surface area contributed by atoms with Crippen LogP contribution >= 0.6 is 11.3 Å². The summed E-state index contributed by atoms with van der Waals surface area (Å²) in [7, 11) is 0. The van der Waals surface area contributed by atoms with Gasteiger partial charge in [0, 0.05) is 23.0 Å². The predicted octanol–water partition coefficient (Wildman–Crippen LogP) is 4.11. The summed E-state index contributed by atoms with van der Waals surface area (Å²) >= 11 is 1.70. The van der Waals surface area contributed by atoms with Crippen LogP contribution in [0.3, 0.4) is 0 Å². The lowest BCUT2D eigenvalue weighted by Gasteiger charge is -2.07. The fourth-order valence-electron chi connectivity index (χ4n) is 2.08. The molecule has 18 heavy (non-hydrogen) atoms. The quantitative estimate of drug-likeness (QED) is 0.873. The first-order valence-corrected chi connectivity index (χ1v) is 7.18. The lowest BCUT2D eigenvalue weighted by atomic mass is 10.0. The Bertz CT molecular complexity index is 557. The topological polar surface area (TPSA) is 12.0 Å². The van der Waals surface area contributed by atoms with Crippen molar-refractivity contribution in [3.63, 3.8) is 0 Å². The number of thiophene rings is 1. The van der Waals surface area contributed by atoms with Crippen LogP contribution in [-0.2, 0) is 6.54 Å². The van der Waals surface area contributed by atoms with Gasteiger partial charge in [-0.25, -0.2) is 4.39 Å². The maximum Gasteiger partial charge on any atom is 0.128 e. The Morgan fingerprint density at radius 3 is 2.78 bits per heavy atom. The van der Waals surface area contributed by atoms with Crippen molar-refractivity contribution in [3.05, 3.63) is 45.9 Å². The third kappa shape index (κ3) is 2.47. The lowest BCUT2D eigenvalue weighted by molar-refractivity contribution is 0.587. The van der Waals surface area contributed by atoms with E-state index in [1.807, 2.05) is 17.5 Å². The molecule has 1 nitrogen and oxygen atoms in total. The molecule has 1 fully saturated rings. The van der Waals surface area contributed by atoms with Gasteiger partial charge in [0.05, 0.1) is 0 Å². The molecule has 1 aromatic carbocycles. The second kappa shape index (κ2) is 4.82. The zero-order chi connectivity index (χ0) is 12.5. The van der Waals surface area contributed by atoms with Crippen molar-refractivity contribution in [2.45, 2.75) is 32.4 Å². The van der Waals surface area contributed by atoms with E-state index in [2.05, 4.69) is 18.3 Å². The molecule has 3 rings (SSSR count). The van der Waals surface area contributed by atoms with Crippen molar-refractivity contribution in [3.8, 4) is 11.1 Å². The van der Waals surface area contributed by atoms with E-state index in [0.717, 1.165) is 16.7 Å². The molecule has 0 bridgehead atoms.